The Balaban J connectivity index is 1.82. The number of hydrogen-bond acceptors (Lipinski definition) is 7. The molecule has 3 aromatic rings. The number of carbonyl (C=O) groups excluding carboxylic acids is 1. The zero-order chi connectivity index (χ0) is 21.5. The molecular formula is C22H28N6O2. The fourth-order valence-corrected chi connectivity index (χ4v) is 2.82. The topological polar surface area (TPSA) is 115 Å². The quantitative estimate of drug-likeness (QED) is 0.462. The number of pyridine rings is 1. The van der Waals surface area contributed by atoms with E-state index >= 15 is 0 Å². The Morgan fingerprint density at radius 2 is 1.83 bits per heavy atom. The van der Waals surface area contributed by atoms with Crippen molar-refractivity contribution in [2.75, 3.05) is 36.1 Å². The molecule has 0 fully saturated rings. The summed E-state index contributed by atoms with van der Waals surface area (Å²) in [5.41, 5.74) is 9.62. The third kappa shape index (κ3) is 5.42. The van der Waals surface area contributed by atoms with Gasteiger partial charge in [0, 0.05) is 30.3 Å². The molecule has 0 aliphatic rings. The second-order valence-corrected chi connectivity index (χ2v) is 7.26. The van der Waals surface area contributed by atoms with Gasteiger partial charge in [0.05, 0.1) is 17.8 Å². The summed E-state index contributed by atoms with van der Waals surface area (Å²) in [6.07, 6.45) is 0.980. The Morgan fingerprint density at radius 1 is 1.07 bits per heavy atom. The van der Waals surface area contributed by atoms with Gasteiger partial charge in [0.15, 0.2) is 5.82 Å². The number of ether oxygens (including phenoxy) is 1. The third-order valence-electron chi connectivity index (χ3n) is 4.42. The molecule has 0 spiro atoms. The standard InChI is InChI=1S/C22H28N6O2/c1-4-12-30-13-11-24-20-19-18(27-22(23)28-20)10-9-17(26-19)15-5-7-16(8-6-15)25-21(29)14(2)3/h5-10,14H,4,11-13H2,1-3H3,(H,25,29)(H3,23,24,27,28). The maximum Gasteiger partial charge on any atom is 0.226 e. The molecule has 0 atom stereocenters. The first-order valence-electron chi connectivity index (χ1n) is 10.1. The van der Waals surface area contributed by atoms with Crippen LogP contribution in [0.1, 0.15) is 27.2 Å². The Bertz CT molecular complexity index is 1000. The number of nitrogens with zero attached hydrogens (tertiary/aromatic N) is 3. The van der Waals surface area contributed by atoms with Gasteiger partial charge in [-0.15, -0.1) is 0 Å². The van der Waals surface area contributed by atoms with E-state index < -0.39 is 0 Å². The first kappa shape index (κ1) is 21.4. The number of carbonyl (C=O) groups is 1. The van der Waals surface area contributed by atoms with Gasteiger partial charge < -0.3 is 21.1 Å². The molecule has 2 heterocycles. The van der Waals surface area contributed by atoms with Crippen molar-refractivity contribution < 1.29 is 9.53 Å². The molecule has 0 aliphatic heterocycles. The van der Waals surface area contributed by atoms with Crippen LogP contribution in [0.5, 0.6) is 0 Å². The predicted molar refractivity (Wildman–Crippen MR) is 120 cm³/mol. The van der Waals surface area contributed by atoms with Crippen molar-refractivity contribution in [1.82, 2.24) is 15.0 Å². The fraction of sp³-hybridized carbons (Fsp3) is 0.364. The van der Waals surface area contributed by atoms with Crippen molar-refractivity contribution in [3.05, 3.63) is 36.4 Å². The fourth-order valence-electron chi connectivity index (χ4n) is 2.82. The summed E-state index contributed by atoms with van der Waals surface area (Å²) in [6.45, 7) is 7.69. The smallest absolute Gasteiger partial charge is 0.226 e. The van der Waals surface area contributed by atoms with E-state index in [9.17, 15) is 4.79 Å². The van der Waals surface area contributed by atoms with Gasteiger partial charge >= 0.3 is 0 Å². The Labute approximate surface area is 176 Å². The van der Waals surface area contributed by atoms with Gasteiger partial charge in [0.2, 0.25) is 11.9 Å². The first-order valence-corrected chi connectivity index (χ1v) is 10.1. The highest BCUT2D eigenvalue weighted by molar-refractivity contribution is 5.92. The Morgan fingerprint density at radius 3 is 2.53 bits per heavy atom. The second kappa shape index (κ2) is 9.98. The van der Waals surface area contributed by atoms with E-state index in [-0.39, 0.29) is 17.8 Å². The summed E-state index contributed by atoms with van der Waals surface area (Å²) < 4.78 is 5.51. The number of rotatable bonds is 9. The van der Waals surface area contributed by atoms with Crippen LogP contribution < -0.4 is 16.4 Å². The molecular weight excluding hydrogens is 380 g/mol. The molecule has 0 bridgehead atoms. The summed E-state index contributed by atoms with van der Waals surface area (Å²) in [7, 11) is 0. The summed E-state index contributed by atoms with van der Waals surface area (Å²) in [5, 5.41) is 6.13. The lowest BCUT2D eigenvalue weighted by Gasteiger charge is -2.11. The lowest BCUT2D eigenvalue weighted by Crippen LogP contribution is -2.17. The predicted octanol–water partition coefficient (Wildman–Crippen LogP) is 3.71. The van der Waals surface area contributed by atoms with Crippen LogP contribution in [-0.2, 0) is 9.53 Å². The molecule has 1 aromatic carbocycles. The molecule has 158 valence electrons. The number of hydrogen-bond donors (Lipinski definition) is 3. The van der Waals surface area contributed by atoms with Crippen LogP contribution in [0.2, 0.25) is 0 Å². The van der Waals surface area contributed by atoms with E-state index in [0.717, 1.165) is 30.0 Å². The molecule has 1 amide bonds. The number of nitrogens with one attached hydrogen (secondary N) is 2. The van der Waals surface area contributed by atoms with Crippen molar-refractivity contribution in [3.8, 4) is 11.3 Å². The van der Waals surface area contributed by atoms with E-state index in [1.165, 1.54) is 0 Å². The van der Waals surface area contributed by atoms with Gasteiger partial charge in [-0.05, 0) is 30.7 Å². The zero-order valence-electron chi connectivity index (χ0n) is 17.6. The third-order valence-corrected chi connectivity index (χ3v) is 4.42. The molecule has 8 heteroatoms. The van der Waals surface area contributed by atoms with Crippen molar-refractivity contribution in [3.63, 3.8) is 0 Å². The van der Waals surface area contributed by atoms with E-state index in [1.807, 2.05) is 50.2 Å². The second-order valence-electron chi connectivity index (χ2n) is 7.26. The number of aromatic nitrogens is 3. The minimum Gasteiger partial charge on any atom is -0.380 e. The van der Waals surface area contributed by atoms with Crippen molar-refractivity contribution in [2.45, 2.75) is 27.2 Å². The van der Waals surface area contributed by atoms with Crippen LogP contribution in [0, 0.1) is 5.92 Å². The molecule has 30 heavy (non-hydrogen) atoms. The number of benzene rings is 1. The van der Waals surface area contributed by atoms with Crippen molar-refractivity contribution in [1.29, 1.82) is 0 Å². The van der Waals surface area contributed by atoms with Crippen LogP contribution in [0.15, 0.2) is 36.4 Å². The SMILES string of the molecule is CCCOCCNc1nc(N)nc2ccc(-c3ccc(NC(=O)C(C)C)cc3)nc12. The molecule has 0 saturated heterocycles. The molecule has 8 nitrogen and oxygen atoms in total. The van der Waals surface area contributed by atoms with Gasteiger partial charge in [0.25, 0.3) is 0 Å². The normalized spacial score (nSPS) is 11.1. The van der Waals surface area contributed by atoms with Crippen LogP contribution in [0.3, 0.4) is 0 Å². The molecule has 0 radical (unpaired) electrons. The van der Waals surface area contributed by atoms with E-state index in [4.69, 9.17) is 15.5 Å². The van der Waals surface area contributed by atoms with E-state index in [1.54, 1.807) is 0 Å². The maximum atomic E-state index is 11.9. The largest absolute Gasteiger partial charge is 0.380 e. The van der Waals surface area contributed by atoms with E-state index in [2.05, 4.69) is 27.5 Å². The number of anilines is 3. The van der Waals surface area contributed by atoms with Crippen LogP contribution in [-0.4, -0.2) is 40.6 Å². The average molecular weight is 409 g/mol. The van der Waals surface area contributed by atoms with Crippen molar-refractivity contribution >= 4 is 34.4 Å². The molecule has 4 N–H and O–H groups in total. The summed E-state index contributed by atoms with van der Waals surface area (Å²) in [5.74, 6) is 0.692. The highest BCUT2D eigenvalue weighted by Crippen LogP contribution is 2.25. The highest BCUT2D eigenvalue weighted by Gasteiger charge is 2.11. The monoisotopic (exact) mass is 408 g/mol. The highest BCUT2D eigenvalue weighted by atomic mass is 16.5. The van der Waals surface area contributed by atoms with Gasteiger partial charge in [-0.3, -0.25) is 4.79 Å². The van der Waals surface area contributed by atoms with Gasteiger partial charge in [0.1, 0.15) is 5.52 Å². The summed E-state index contributed by atoms with van der Waals surface area (Å²) >= 11 is 0. The van der Waals surface area contributed by atoms with Crippen LogP contribution in [0.4, 0.5) is 17.5 Å². The Kier molecular flexibility index (Phi) is 7.13. The Hall–Kier alpha value is -3.26. The first-order chi connectivity index (χ1) is 14.5. The number of nitrogens with two attached hydrogens (primary N) is 1. The summed E-state index contributed by atoms with van der Waals surface area (Å²) in [4.78, 5) is 25.2. The minimum atomic E-state index is -0.0717. The van der Waals surface area contributed by atoms with Crippen LogP contribution >= 0.6 is 0 Å². The number of amides is 1. The average Bonchev–Trinajstić information content (AvgIpc) is 2.73. The van der Waals surface area contributed by atoms with E-state index in [0.29, 0.717) is 30.0 Å². The molecule has 0 saturated carbocycles. The van der Waals surface area contributed by atoms with Gasteiger partial charge in [-0.2, -0.15) is 4.98 Å². The zero-order valence-corrected chi connectivity index (χ0v) is 17.6. The van der Waals surface area contributed by atoms with Gasteiger partial charge in [-0.25, -0.2) is 9.97 Å². The molecule has 0 unspecified atom stereocenters. The molecule has 2 aromatic heterocycles. The lowest BCUT2D eigenvalue weighted by atomic mass is 10.1. The number of nitrogen functional groups attached to an aromatic ring is 1. The molecule has 3 rings (SSSR count). The van der Waals surface area contributed by atoms with Crippen molar-refractivity contribution in [2.24, 2.45) is 5.92 Å². The van der Waals surface area contributed by atoms with Crippen LogP contribution in [0.25, 0.3) is 22.3 Å². The van der Waals surface area contributed by atoms with Gasteiger partial charge in [-0.1, -0.05) is 32.9 Å². The lowest BCUT2D eigenvalue weighted by molar-refractivity contribution is -0.118. The maximum absolute atomic E-state index is 11.9. The minimum absolute atomic E-state index is 0.0139. The number of fused-ring (bicyclic) bond motifs is 1. The summed E-state index contributed by atoms with van der Waals surface area (Å²) in [6, 6.07) is 11.4. The molecule has 0 aliphatic carbocycles.